The lowest BCUT2D eigenvalue weighted by atomic mass is 9.93. The van der Waals surface area contributed by atoms with Gasteiger partial charge in [0.2, 0.25) is 0 Å². The van der Waals surface area contributed by atoms with E-state index in [0.29, 0.717) is 5.52 Å². The Kier molecular flexibility index (Phi) is 2.58. The number of aromatic nitrogens is 1. The number of nitrogen functional groups attached to an aromatic ring is 1. The van der Waals surface area contributed by atoms with E-state index < -0.39 is 5.82 Å². The number of pyridine rings is 1. The standard InChI is InChI=1S/C14H15FN2O/c1-18-13-6-9-12(7-10(13)15)17-11-5-3-2-4-8(11)14(9)16/h6-7H,2-5H2,1H3,(H2,16,17). The lowest BCUT2D eigenvalue weighted by molar-refractivity contribution is 0.387. The van der Waals surface area contributed by atoms with E-state index in [2.05, 4.69) is 4.98 Å². The zero-order valence-corrected chi connectivity index (χ0v) is 10.3. The first kappa shape index (κ1) is 11.3. The van der Waals surface area contributed by atoms with Gasteiger partial charge in [-0.2, -0.15) is 0 Å². The molecule has 0 aliphatic heterocycles. The predicted octanol–water partition coefficient (Wildman–Crippen LogP) is 2.84. The van der Waals surface area contributed by atoms with Crippen LogP contribution in [0.25, 0.3) is 10.9 Å². The molecular formula is C14H15FN2O. The second-order valence-corrected chi connectivity index (χ2v) is 4.66. The van der Waals surface area contributed by atoms with Gasteiger partial charge >= 0.3 is 0 Å². The number of hydrogen-bond donors (Lipinski definition) is 1. The third-order valence-electron chi connectivity index (χ3n) is 3.58. The molecule has 18 heavy (non-hydrogen) atoms. The van der Waals surface area contributed by atoms with E-state index in [1.165, 1.54) is 13.2 Å². The zero-order chi connectivity index (χ0) is 12.7. The fraction of sp³-hybridized carbons (Fsp3) is 0.357. The van der Waals surface area contributed by atoms with Crippen LogP contribution in [0.4, 0.5) is 10.1 Å². The van der Waals surface area contributed by atoms with E-state index in [1.807, 2.05) is 0 Å². The third-order valence-corrected chi connectivity index (χ3v) is 3.58. The first-order chi connectivity index (χ1) is 8.70. The van der Waals surface area contributed by atoms with Crippen molar-refractivity contribution < 1.29 is 9.13 Å². The molecular weight excluding hydrogens is 231 g/mol. The van der Waals surface area contributed by atoms with Gasteiger partial charge in [-0.1, -0.05) is 0 Å². The van der Waals surface area contributed by atoms with Crippen molar-refractivity contribution in [3.8, 4) is 5.75 Å². The van der Waals surface area contributed by atoms with Crippen LogP contribution in [0, 0.1) is 5.82 Å². The quantitative estimate of drug-likeness (QED) is 0.841. The van der Waals surface area contributed by atoms with Crippen LogP contribution in [0.1, 0.15) is 24.1 Å². The van der Waals surface area contributed by atoms with Crippen LogP contribution < -0.4 is 10.5 Å². The summed E-state index contributed by atoms with van der Waals surface area (Å²) in [5.41, 5.74) is 9.69. The van der Waals surface area contributed by atoms with E-state index >= 15 is 0 Å². The highest BCUT2D eigenvalue weighted by atomic mass is 19.1. The number of anilines is 1. The van der Waals surface area contributed by atoms with Gasteiger partial charge < -0.3 is 10.5 Å². The molecule has 3 nitrogen and oxygen atoms in total. The van der Waals surface area contributed by atoms with E-state index in [9.17, 15) is 4.39 Å². The zero-order valence-electron chi connectivity index (χ0n) is 10.3. The molecule has 94 valence electrons. The van der Waals surface area contributed by atoms with E-state index in [1.54, 1.807) is 6.07 Å². The molecule has 3 rings (SSSR count). The summed E-state index contributed by atoms with van der Waals surface area (Å²) in [5, 5.41) is 0.786. The Bertz CT molecular complexity index is 625. The summed E-state index contributed by atoms with van der Waals surface area (Å²) in [4.78, 5) is 4.54. The molecule has 0 saturated heterocycles. The highest BCUT2D eigenvalue weighted by Gasteiger charge is 2.18. The number of fused-ring (bicyclic) bond motifs is 2. The SMILES string of the molecule is COc1cc2c(N)c3c(nc2cc1F)CCCC3. The van der Waals surface area contributed by atoms with Crippen molar-refractivity contribution in [1.82, 2.24) is 4.98 Å². The highest BCUT2D eigenvalue weighted by molar-refractivity contribution is 5.93. The van der Waals surface area contributed by atoms with Crippen LogP contribution in [-0.4, -0.2) is 12.1 Å². The van der Waals surface area contributed by atoms with Crippen molar-refractivity contribution in [3.05, 3.63) is 29.2 Å². The maximum atomic E-state index is 13.7. The lowest BCUT2D eigenvalue weighted by Gasteiger charge is -2.18. The minimum absolute atomic E-state index is 0.215. The van der Waals surface area contributed by atoms with Crippen molar-refractivity contribution in [2.75, 3.05) is 12.8 Å². The molecule has 0 bridgehead atoms. The number of nitrogens with zero attached hydrogens (tertiary/aromatic N) is 1. The molecule has 1 aliphatic carbocycles. The van der Waals surface area contributed by atoms with E-state index in [4.69, 9.17) is 10.5 Å². The number of hydrogen-bond acceptors (Lipinski definition) is 3. The molecule has 0 saturated carbocycles. The maximum Gasteiger partial charge on any atom is 0.167 e. The topological polar surface area (TPSA) is 48.1 Å². The molecule has 2 aromatic rings. The number of aryl methyl sites for hydroxylation is 1. The van der Waals surface area contributed by atoms with Gasteiger partial charge in [-0.3, -0.25) is 4.98 Å². The highest BCUT2D eigenvalue weighted by Crippen LogP contribution is 2.33. The second kappa shape index (κ2) is 4.12. The van der Waals surface area contributed by atoms with Gasteiger partial charge in [-0.25, -0.2) is 4.39 Å². The largest absolute Gasteiger partial charge is 0.494 e. The van der Waals surface area contributed by atoms with Crippen molar-refractivity contribution in [2.24, 2.45) is 0 Å². The van der Waals surface area contributed by atoms with Crippen LogP contribution in [0.3, 0.4) is 0 Å². The molecule has 1 aliphatic rings. The van der Waals surface area contributed by atoms with E-state index in [0.717, 1.165) is 48.0 Å². The van der Waals surface area contributed by atoms with Crippen LogP contribution in [0.5, 0.6) is 5.75 Å². The van der Waals surface area contributed by atoms with Gasteiger partial charge in [0, 0.05) is 22.8 Å². The van der Waals surface area contributed by atoms with Gasteiger partial charge in [0.1, 0.15) is 0 Å². The Labute approximate surface area is 105 Å². The maximum absolute atomic E-state index is 13.7. The molecule has 0 spiro atoms. The summed E-state index contributed by atoms with van der Waals surface area (Å²) in [7, 11) is 1.45. The Morgan fingerprint density at radius 1 is 1.28 bits per heavy atom. The molecule has 1 aromatic carbocycles. The number of rotatable bonds is 1. The molecule has 0 atom stereocenters. The van der Waals surface area contributed by atoms with Gasteiger partial charge in [-0.05, 0) is 37.3 Å². The number of benzene rings is 1. The molecule has 1 heterocycles. The average molecular weight is 246 g/mol. The number of methoxy groups -OCH3 is 1. The normalized spacial score (nSPS) is 14.6. The van der Waals surface area contributed by atoms with Crippen molar-refractivity contribution in [1.29, 1.82) is 0 Å². The summed E-state index contributed by atoms with van der Waals surface area (Å²) in [6.07, 6.45) is 4.17. The van der Waals surface area contributed by atoms with Crippen LogP contribution in [0.15, 0.2) is 12.1 Å². The van der Waals surface area contributed by atoms with Crippen molar-refractivity contribution >= 4 is 16.6 Å². The van der Waals surface area contributed by atoms with E-state index in [-0.39, 0.29) is 5.75 Å². The molecule has 4 heteroatoms. The Morgan fingerprint density at radius 3 is 2.83 bits per heavy atom. The van der Waals surface area contributed by atoms with Crippen LogP contribution in [-0.2, 0) is 12.8 Å². The summed E-state index contributed by atoms with van der Waals surface area (Å²) >= 11 is 0. The number of halogens is 1. The Morgan fingerprint density at radius 2 is 2.06 bits per heavy atom. The van der Waals surface area contributed by atoms with Crippen molar-refractivity contribution in [2.45, 2.75) is 25.7 Å². The Hall–Kier alpha value is -1.84. The summed E-state index contributed by atoms with van der Waals surface area (Å²) in [6.45, 7) is 0. The summed E-state index contributed by atoms with van der Waals surface area (Å²) in [6, 6.07) is 3.04. The fourth-order valence-electron chi connectivity index (χ4n) is 2.62. The minimum Gasteiger partial charge on any atom is -0.494 e. The smallest absolute Gasteiger partial charge is 0.167 e. The first-order valence-electron chi connectivity index (χ1n) is 6.15. The summed E-state index contributed by atoms with van der Waals surface area (Å²) < 4.78 is 18.7. The molecule has 0 amide bonds. The lowest BCUT2D eigenvalue weighted by Crippen LogP contribution is -2.09. The van der Waals surface area contributed by atoms with Gasteiger partial charge in [0.05, 0.1) is 12.6 Å². The fourth-order valence-corrected chi connectivity index (χ4v) is 2.62. The number of ether oxygens (including phenoxy) is 1. The van der Waals surface area contributed by atoms with Gasteiger partial charge in [-0.15, -0.1) is 0 Å². The number of nitrogens with two attached hydrogens (primary N) is 1. The molecule has 0 unspecified atom stereocenters. The monoisotopic (exact) mass is 246 g/mol. The van der Waals surface area contributed by atoms with Gasteiger partial charge in [0.25, 0.3) is 0 Å². The average Bonchev–Trinajstić information content (AvgIpc) is 2.38. The predicted molar refractivity (Wildman–Crippen MR) is 69.3 cm³/mol. The van der Waals surface area contributed by atoms with Crippen molar-refractivity contribution in [3.63, 3.8) is 0 Å². The molecule has 1 aromatic heterocycles. The summed E-state index contributed by atoms with van der Waals surface area (Å²) in [5.74, 6) is -0.181. The molecule has 2 N–H and O–H groups in total. The second-order valence-electron chi connectivity index (χ2n) is 4.66. The van der Waals surface area contributed by atoms with Crippen LogP contribution in [0.2, 0.25) is 0 Å². The molecule has 0 fully saturated rings. The first-order valence-corrected chi connectivity index (χ1v) is 6.15. The van der Waals surface area contributed by atoms with Gasteiger partial charge in [0.15, 0.2) is 11.6 Å². The molecule has 0 radical (unpaired) electrons. The van der Waals surface area contributed by atoms with Crippen LogP contribution >= 0.6 is 0 Å². The Balaban J connectivity index is 2.32. The third kappa shape index (κ3) is 1.60. The minimum atomic E-state index is -0.396.